The molecule has 1 amide bonds. The zero-order chi connectivity index (χ0) is 15.6. The molecular formula is C13H14N2O6. The largest absolute Gasteiger partial charge is 0.481 e. The van der Waals surface area contributed by atoms with Gasteiger partial charge >= 0.3 is 5.97 Å². The van der Waals surface area contributed by atoms with Gasteiger partial charge in [0, 0.05) is 6.07 Å². The molecule has 21 heavy (non-hydrogen) atoms. The summed E-state index contributed by atoms with van der Waals surface area (Å²) in [5.74, 6) is -2.60. The molecule has 2 N–H and O–H groups in total. The highest BCUT2D eigenvalue weighted by Crippen LogP contribution is 2.21. The fourth-order valence-electron chi connectivity index (χ4n) is 2.18. The zero-order valence-electron chi connectivity index (χ0n) is 11.2. The molecular weight excluding hydrogens is 280 g/mol. The van der Waals surface area contributed by atoms with Crippen LogP contribution >= 0.6 is 0 Å². The van der Waals surface area contributed by atoms with Crippen molar-refractivity contribution in [3.8, 4) is 0 Å². The predicted molar refractivity (Wildman–Crippen MR) is 71.0 cm³/mol. The van der Waals surface area contributed by atoms with Crippen molar-refractivity contribution in [1.29, 1.82) is 0 Å². The number of benzene rings is 1. The molecule has 2 unspecified atom stereocenters. The van der Waals surface area contributed by atoms with E-state index in [-0.39, 0.29) is 24.5 Å². The van der Waals surface area contributed by atoms with Gasteiger partial charge in [-0.05, 0) is 18.6 Å². The van der Waals surface area contributed by atoms with Crippen molar-refractivity contribution in [1.82, 2.24) is 5.32 Å². The summed E-state index contributed by atoms with van der Waals surface area (Å²) in [7, 11) is 0. The number of nitrogens with zero attached hydrogens (tertiary/aromatic N) is 1. The van der Waals surface area contributed by atoms with Crippen molar-refractivity contribution >= 4 is 17.6 Å². The molecule has 2 rings (SSSR count). The maximum Gasteiger partial charge on any atom is 0.311 e. The van der Waals surface area contributed by atoms with Crippen LogP contribution in [0, 0.1) is 23.0 Å². The molecule has 1 fully saturated rings. The number of hydrogen-bond donors (Lipinski definition) is 2. The summed E-state index contributed by atoms with van der Waals surface area (Å²) in [5, 5.41) is 22.5. The third-order valence-electron chi connectivity index (χ3n) is 3.31. The van der Waals surface area contributed by atoms with Crippen LogP contribution in [0.5, 0.6) is 0 Å². The number of aliphatic carboxylic acids is 1. The Morgan fingerprint density at radius 1 is 1.43 bits per heavy atom. The number of hydrogen-bond acceptors (Lipinski definition) is 5. The van der Waals surface area contributed by atoms with E-state index in [4.69, 9.17) is 9.84 Å². The van der Waals surface area contributed by atoms with Gasteiger partial charge in [-0.2, -0.15) is 0 Å². The van der Waals surface area contributed by atoms with Crippen LogP contribution in [-0.4, -0.2) is 41.2 Å². The van der Waals surface area contributed by atoms with E-state index in [0.29, 0.717) is 5.56 Å². The highest BCUT2D eigenvalue weighted by atomic mass is 16.6. The van der Waals surface area contributed by atoms with Gasteiger partial charge < -0.3 is 15.2 Å². The van der Waals surface area contributed by atoms with Crippen LogP contribution in [-0.2, 0) is 9.53 Å². The van der Waals surface area contributed by atoms with Gasteiger partial charge in [-0.25, -0.2) is 0 Å². The molecule has 0 saturated carbocycles. The third kappa shape index (κ3) is 3.16. The molecule has 0 aromatic heterocycles. The van der Waals surface area contributed by atoms with Crippen LogP contribution in [0.15, 0.2) is 18.2 Å². The summed E-state index contributed by atoms with van der Waals surface area (Å²) in [4.78, 5) is 33.5. The van der Waals surface area contributed by atoms with Crippen molar-refractivity contribution in [2.24, 2.45) is 5.92 Å². The van der Waals surface area contributed by atoms with Crippen molar-refractivity contribution in [3.05, 3.63) is 39.4 Å². The number of nitro benzene ring substituents is 1. The van der Waals surface area contributed by atoms with Gasteiger partial charge in [0.1, 0.15) is 11.5 Å². The Bertz CT molecular complexity index is 600. The quantitative estimate of drug-likeness (QED) is 0.624. The standard InChI is InChI=1S/C13H14N2O6/c1-7-2-3-11(15(19)20)8(4-7)12(16)14-10-6-21-5-9(10)13(17)18/h2-4,9-10H,5-6H2,1H3,(H,14,16)(H,17,18). The zero-order valence-corrected chi connectivity index (χ0v) is 11.2. The number of nitrogens with one attached hydrogen (secondary N) is 1. The van der Waals surface area contributed by atoms with Crippen LogP contribution in [0.25, 0.3) is 0 Å². The molecule has 2 atom stereocenters. The summed E-state index contributed by atoms with van der Waals surface area (Å²) in [6.07, 6.45) is 0. The lowest BCUT2D eigenvalue weighted by Gasteiger charge is -2.15. The molecule has 0 radical (unpaired) electrons. The minimum absolute atomic E-state index is 0.0101. The van der Waals surface area contributed by atoms with E-state index >= 15 is 0 Å². The molecule has 8 nitrogen and oxygen atoms in total. The van der Waals surface area contributed by atoms with E-state index in [2.05, 4.69) is 5.32 Å². The molecule has 1 saturated heterocycles. The minimum Gasteiger partial charge on any atom is -0.481 e. The molecule has 1 heterocycles. The summed E-state index contributed by atoms with van der Waals surface area (Å²) in [5.41, 5.74) is 0.295. The van der Waals surface area contributed by atoms with E-state index in [1.54, 1.807) is 6.92 Å². The number of carboxylic acids is 1. The van der Waals surface area contributed by atoms with E-state index in [1.807, 2.05) is 0 Å². The van der Waals surface area contributed by atoms with Crippen LogP contribution in [0.4, 0.5) is 5.69 Å². The number of amides is 1. The predicted octanol–water partition coefficient (Wildman–Crippen LogP) is 0.733. The summed E-state index contributed by atoms with van der Waals surface area (Å²) < 4.78 is 5.04. The van der Waals surface area contributed by atoms with Gasteiger partial charge in [-0.1, -0.05) is 6.07 Å². The van der Waals surface area contributed by atoms with E-state index < -0.39 is 28.8 Å². The van der Waals surface area contributed by atoms with Crippen LogP contribution in [0.1, 0.15) is 15.9 Å². The highest BCUT2D eigenvalue weighted by molar-refractivity contribution is 5.98. The third-order valence-corrected chi connectivity index (χ3v) is 3.31. The number of carbonyl (C=O) groups is 2. The molecule has 0 bridgehead atoms. The molecule has 1 aliphatic heterocycles. The SMILES string of the molecule is Cc1ccc([N+](=O)[O-])c(C(=O)NC2COCC2C(=O)O)c1. The van der Waals surface area contributed by atoms with E-state index in [0.717, 1.165) is 0 Å². The fraction of sp³-hybridized carbons (Fsp3) is 0.385. The fourth-order valence-corrected chi connectivity index (χ4v) is 2.18. The summed E-state index contributed by atoms with van der Waals surface area (Å²) in [6.45, 7) is 1.79. The number of rotatable bonds is 4. The molecule has 0 spiro atoms. The Kier molecular flexibility index (Phi) is 4.18. The highest BCUT2D eigenvalue weighted by Gasteiger charge is 2.36. The monoisotopic (exact) mass is 294 g/mol. The van der Waals surface area contributed by atoms with E-state index in [1.165, 1.54) is 18.2 Å². The lowest BCUT2D eigenvalue weighted by Crippen LogP contribution is -2.42. The van der Waals surface area contributed by atoms with Crippen molar-refractivity contribution < 1.29 is 24.4 Å². The van der Waals surface area contributed by atoms with Crippen molar-refractivity contribution in [3.63, 3.8) is 0 Å². The maximum atomic E-state index is 12.2. The maximum absolute atomic E-state index is 12.2. The lowest BCUT2D eigenvalue weighted by molar-refractivity contribution is -0.385. The topological polar surface area (TPSA) is 119 Å². The van der Waals surface area contributed by atoms with Gasteiger partial charge in [-0.15, -0.1) is 0 Å². The Morgan fingerprint density at radius 3 is 2.76 bits per heavy atom. The second kappa shape index (κ2) is 5.88. The molecule has 0 aliphatic carbocycles. The van der Waals surface area contributed by atoms with Crippen molar-refractivity contribution in [2.75, 3.05) is 13.2 Å². The number of ether oxygens (including phenoxy) is 1. The summed E-state index contributed by atoms with van der Waals surface area (Å²) >= 11 is 0. The first-order valence-corrected chi connectivity index (χ1v) is 6.26. The first-order valence-electron chi connectivity index (χ1n) is 6.26. The molecule has 1 aliphatic rings. The Morgan fingerprint density at radius 2 is 2.14 bits per heavy atom. The van der Waals surface area contributed by atoms with Crippen LogP contribution < -0.4 is 5.32 Å². The average molecular weight is 294 g/mol. The molecule has 1 aromatic carbocycles. The number of aryl methyl sites for hydroxylation is 1. The lowest BCUT2D eigenvalue weighted by atomic mass is 10.0. The van der Waals surface area contributed by atoms with Gasteiger partial charge in [-0.3, -0.25) is 19.7 Å². The van der Waals surface area contributed by atoms with Gasteiger partial charge in [0.2, 0.25) is 0 Å². The van der Waals surface area contributed by atoms with Gasteiger partial charge in [0.05, 0.1) is 24.2 Å². The van der Waals surface area contributed by atoms with Crippen molar-refractivity contribution in [2.45, 2.75) is 13.0 Å². The van der Waals surface area contributed by atoms with Crippen LogP contribution in [0.3, 0.4) is 0 Å². The second-order valence-corrected chi connectivity index (χ2v) is 4.84. The van der Waals surface area contributed by atoms with Gasteiger partial charge in [0.25, 0.3) is 11.6 Å². The van der Waals surface area contributed by atoms with Crippen LogP contribution in [0.2, 0.25) is 0 Å². The van der Waals surface area contributed by atoms with Gasteiger partial charge in [0.15, 0.2) is 0 Å². The molecule has 1 aromatic rings. The number of carbonyl (C=O) groups excluding carboxylic acids is 1. The molecule has 112 valence electrons. The Hall–Kier alpha value is -2.48. The first kappa shape index (κ1) is 14.9. The smallest absolute Gasteiger partial charge is 0.311 e. The van der Waals surface area contributed by atoms with E-state index in [9.17, 15) is 19.7 Å². The minimum atomic E-state index is -1.07. The first-order chi connectivity index (χ1) is 9.90. The Balaban J connectivity index is 2.22. The molecule has 8 heteroatoms. The Labute approximate surface area is 119 Å². The number of nitro groups is 1. The normalized spacial score (nSPS) is 21.0. The second-order valence-electron chi connectivity index (χ2n) is 4.84. The number of carboxylic acid groups (broad SMARTS) is 1. The summed E-state index contributed by atoms with van der Waals surface area (Å²) in [6, 6.07) is 3.49. The average Bonchev–Trinajstić information content (AvgIpc) is 2.86.